The van der Waals surface area contributed by atoms with E-state index in [4.69, 9.17) is 8.83 Å². The van der Waals surface area contributed by atoms with Crippen molar-refractivity contribution in [3.8, 4) is 17.7 Å². The molecule has 2 aromatic heterocycles. The van der Waals surface area contributed by atoms with Gasteiger partial charge in [0, 0.05) is 25.6 Å². The SMILES string of the molecule is Cc1cc(CNC(=O)C2CCN(c3oc(-c4ccco4)nc3C#N)CC2)ccc1F. The Hall–Kier alpha value is -3.60. The molecule has 0 radical (unpaired) electrons. The number of nitrogens with one attached hydrogen (secondary N) is 1. The van der Waals surface area contributed by atoms with Gasteiger partial charge in [0.05, 0.1) is 6.26 Å². The van der Waals surface area contributed by atoms with E-state index in [-0.39, 0.29) is 29.2 Å². The number of nitrogens with zero attached hydrogens (tertiary/aromatic N) is 3. The topological polar surface area (TPSA) is 95.3 Å². The fourth-order valence-electron chi connectivity index (χ4n) is 3.60. The minimum Gasteiger partial charge on any atom is -0.459 e. The van der Waals surface area contributed by atoms with E-state index < -0.39 is 0 Å². The summed E-state index contributed by atoms with van der Waals surface area (Å²) in [6.07, 6.45) is 2.79. The molecule has 1 N–H and O–H groups in total. The van der Waals surface area contributed by atoms with E-state index in [0.717, 1.165) is 5.56 Å². The predicted octanol–water partition coefficient (Wildman–Crippen LogP) is 3.79. The van der Waals surface area contributed by atoms with Gasteiger partial charge < -0.3 is 19.1 Å². The second-order valence-electron chi connectivity index (χ2n) is 7.32. The van der Waals surface area contributed by atoms with Crippen molar-refractivity contribution in [2.24, 2.45) is 5.92 Å². The number of carbonyl (C=O) groups is 1. The van der Waals surface area contributed by atoms with E-state index >= 15 is 0 Å². The van der Waals surface area contributed by atoms with Crippen LogP contribution in [0.1, 0.15) is 29.7 Å². The number of halogens is 1. The number of furan rings is 1. The fourth-order valence-corrected chi connectivity index (χ4v) is 3.60. The Morgan fingerprint density at radius 3 is 2.83 bits per heavy atom. The highest BCUT2D eigenvalue weighted by atomic mass is 19.1. The Morgan fingerprint density at radius 2 is 2.17 bits per heavy atom. The molecule has 0 saturated carbocycles. The molecule has 154 valence electrons. The van der Waals surface area contributed by atoms with Crippen LogP contribution in [0.3, 0.4) is 0 Å². The minimum atomic E-state index is -0.253. The highest BCUT2D eigenvalue weighted by Gasteiger charge is 2.29. The third kappa shape index (κ3) is 4.06. The van der Waals surface area contributed by atoms with Crippen molar-refractivity contribution < 1.29 is 18.0 Å². The molecule has 3 heterocycles. The third-order valence-electron chi connectivity index (χ3n) is 5.29. The first kappa shape index (κ1) is 19.7. The molecular formula is C22H21FN4O3. The molecule has 1 aliphatic heterocycles. The first-order valence-corrected chi connectivity index (χ1v) is 9.77. The van der Waals surface area contributed by atoms with Crippen LogP contribution in [-0.4, -0.2) is 24.0 Å². The Labute approximate surface area is 173 Å². The van der Waals surface area contributed by atoms with Gasteiger partial charge in [-0.2, -0.15) is 10.2 Å². The molecule has 30 heavy (non-hydrogen) atoms. The molecular weight excluding hydrogens is 387 g/mol. The summed E-state index contributed by atoms with van der Waals surface area (Å²) in [6, 6.07) is 10.3. The normalized spacial score (nSPS) is 14.5. The van der Waals surface area contributed by atoms with Gasteiger partial charge in [0.15, 0.2) is 5.76 Å². The fraction of sp³-hybridized carbons (Fsp3) is 0.318. The maximum atomic E-state index is 13.4. The van der Waals surface area contributed by atoms with Gasteiger partial charge in [0.25, 0.3) is 5.89 Å². The van der Waals surface area contributed by atoms with Crippen molar-refractivity contribution in [3.63, 3.8) is 0 Å². The Bertz CT molecular complexity index is 1080. The zero-order chi connectivity index (χ0) is 21.1. The number of piperidine rings is 1. The molecule has 3 aromatic rings. The number of oxazole rings is 1. The zero-order valence-corrected chi connectivity index (χ0v) is 16.5. The molecule has 0 bridgehead atoms. The average Bonchev–Trinajstić information content (AvgIpc) is 3.44. The lowest BCUT2D eigenvalue weighted by Gasteiger charge is -2.31. The van der Waals surface area contributed by atoms with Crippen LogP contribution in [0.2, 0.25) is 0 Å². The van der Waals surface area contributed by atoms with Crippen molar-refractivity contribution in [2.45, 2.75) is 26.3 Å². The van der Waals surface area contributed by atoms with Crippen LogP contribution in [0.25, 0.3) is 11.7 Å². The van der Waals surface area contributed by atoms with Crippen molar-refractivity contribution in [1.29, 1.82) is 5.26 Å². The van der Waals surface area contributed by atoms with Crippen LogP contribution >= 0.6 is 0 Å². The molecule has 0 spiro atoms. The van der Waals surface area contributed by atoms with Gasteiger partial charge in [-0.1, -0.05) is 12.1 Å². The summed E-state index contributed by atoms with van der Waals surface area (Å²) in [6.45, 7) is 3.23. The standard InChI is InChI=1S/C22H21FN4O3/c1-14-11-15(4-5-17(14)23)13-25-20(28)16-6-8-27(9-7-16)22-18(12-24)26-21(30-22)19-3-2-10-29-19/h2-5,10-11,16H,6-9,13H2,1H3,(H,25,28). The first-order valence-electron chi connectivity index (χ1n) is 9.77. The van der Waals surface area contributed by atoms with E-state index in [2.05, 4.69) is 16.4 Å². The smallest absolute Gasteiger partial charge is 0.266 e. The van der Waals surface area contributed by atoms with Crippen molar-refractivity contribution in [2.75, 3.05) is 18.0 Å². The summed E-state index contributed by atoms with van der Waals surface area (Å²) in [7, 11) is 0. The largest absolute Gasteiger partial charge is 0.459 e. The molecule has 7 nitrogen and oxygen atoms in total. The van der Waals surface area contributed by atoms with Gasteiger partial charge >= 0.3 is 0 Å². The number of amides is 1. The molecule has 0 atom stereocenters. The van der Waals surface area contributed by atoms with Crippen molar-refractivity contribution in [3.05, 3.63) is 59.2 Å². The number of rotatable bonds is 5. The highest BCUT2D eigenvalue weighted by molar-refractivity contribution is 5.79. The number of carbonyl (C=O) groups excluding carboxylic acids is 1. The van der Waals surface area contributed by atoms with Gasteiger partial charge in [-0.25, -0.2) is 4.39 Å². The number of benzene rings is 1. The number of hydrogen-bond acceptors (Lipinski definition) is 6. The molecule has 1 saturated heterocycles. The molecule has 0 aliphatic carbocycles. The van der Waals surface area contributed by atoms with Crippen LogP contribution in [0, 0.1) is 30.0 Å². The summed E-state index contributed by atoms with van der Waals surface area (Å²) >= 11 is 0. The molecule has 8 heteroatoms. The summed E-state index contributed by atoms with van der Waals surface area (Å²) in [4.78, 5) is 18.7. The van der Waals surface area contributed by atoms with E-state index in [1.165, 1.54) is 12.3 Å². The minimum absolute atomic E-state index is 0.0222. The number of aromatic nitrogens is 1. The van der Waals surface area contributed by atoms with E-state index in [0.29, 0.717) is 49.7 Å². The summed E-state index contributed by atoms with van der Waals surface area (Å²) in [5.41, 5.74) is 1.63. The van der Waals surface area contributed by atoms with Gasteiger partial charge in [-0.3, -0.25) is 4.79 Å². The van der Waals surface area contributed by atoms with Crippen LogP contribution in [0.15, 0.2) is 45.4 Å². The Morgan fingerprint density at radius 1 is 1.37 bits per heavy atom. The van der Waals surface area contributed by atoms with Crippen LogP contribution in [0.4, 0.5) is 10.3 Å². The van der Waals surface area contributed by atoms with Crippen LogP contribution in [0.5, 0.6) is 0 Å². The van der Waals surface area contributed by atoms with E-state index in [1.807, 2.05) is 4.90 Å². The maximum Gasteiger partial charge on any atom is 0.266 e. The lowest BCUT2D eigenvalue weighted by molar-refractivity contribution is -0.125. The van der Waals surface area contributed by atoms with Crippen LogP contribution in [-0.2, 0) is 11.3 Å². The molecule has 1 fully saturated rings. The number of hydrogen-bond donors (Lipinski definition) is 1. The van der Waals surface area contributed by atoms with Crippen LogP contribution < -0.4 is 10.2 Å². The van der Waals surface area contributed by atoms with E-state index in [1.54, 1.807) is 31.2 Å². The molecule has 1 amide bonds. The molecule has 1 aromatic carbocycles. The van der Waals surface area contributed by atoms with Gasteiger partial charge in [-0.05, 0) is 49.1 Å². The zero-order valence-electron chi connectivity index (χ0n) is 16.5. The van der Waals surface area contributed by atoms with Crippen molar-refractivity contribution in [1.82, 2.24) is 10.3 Å². The molecule has 4 rings (SSSR count). The highest BCUT2D eigenvalue weighted by Crippen LogP contribution is 2.31. The summed E-state index contributed by atoms with van der Waals surface area (Å²) < 4.78 is 24.4. The van der Waals surface area contributed by atoms with E-state index in [9.17, 15) is 14.4 Å². The molecule has 1 aliphatic rings. The summed E-state index contributed by atoms with van der Waals surface area (Å²) in [5.74, 6) is 0.734. The number of aryl methyl sites for hydroxylation is 1. The predicted molar refractivity (Wildman–Crippen MR) is 107 cm³/mol. The Kier molecular flexibility index (Phi) is 5.53. The second-order valence-corrected chi connectivity index (χ2v) is 7.32. The maximum absolute atomic E-state index is 13.4. The van der Waals surface area contributed by atoms with Gasteiger partial charge in [-0.15, -0.1) is 0 Å². The number of nitriles is 1. The van der Waals surface area contributed by atoms with Gasteiger partial charge in [0.2, 0.25) is 17.5 Å². The quantitative estimate of drug-likeness (QED) is 0.690. The Balaban J connectivity index is 1.35. The lowest BCUT2D eigenvalue weighted by Crippen LogP contribution is -2.40. The summed E-state index contributed by atoms with van der Waals surface area (Å²) in [5, 5.41) is 12.3. The van der Waals surface area contributed by atoms with Gasteiger partial charge in [0.1, 0.15) is 11.9 Å². The average molecular weight is 408 g/mol. The first-order chi connectivity index (χ1) is 14.5. The molecule has 0 unspecified atom stereocenters. The number of anilines is 1. The lowest BCUT2D eigenvalue weighted by atomic mass is 9.95. The second kappa shape index (κ2) is 8.41. The monoisotopic (exact) mass is 408 g/mol. The third-order valence-corrected chi connectivity index (χ3v) is 5.29. The van der Waals surface area contributed by atoms with Crippen molar-refractivity contribution >= 4 is 11.8 Å².